The zero-order chi connectivity index (χ0) is 14.5. The van der Waals surface area contributed by atoms with Gasteiger partial charge in [0.2, 0.25) is 0 Å². The van der Waals surface area contributed by atoms with E-state index in [9.17, 15) is 0 Å². The number of H-pyrrole nitrogens is 1. The van der Waals surface area contributed by atoms with Gasteiger partial charge in [-0.05, 0) is 24.5 Å². The van der Waals surface area contributed by atoms with Gasteiger partial charge in [0.05, 0.1) is 0 Å². The second-order valence-corrected chi connectivity index (χ2v) is 5.49. The molecule has 0 unspecified atom stereocenters. The zero-order valence-corrected chi connectivity index (χ0v) is 12.6. The first-order valence-electron chi connectivity index (χ1n) is 7.23. The standard InChI is InChI=1S/C18H18N2S/c21-18(14-7-2-1-3-8-14)19-12-6-9-15-13-20-17-11-5-4-10-16(15)17/h1-5,7-8,10-11,13,20H,6,9,12H2,(H,19,21). The second kappa shape index (κ2) is 6.55. The van der Waals surface area contributed by atoms with Gasteiger partial charge in [-0.3, -0.25) is 0 Å². The van der Waals surface area contributed by atoms with Gasteiger partial charge in [-0.2, -0.15) is 0 Å². The number of aromatic nitrogens is 1. The Kier molecular flexibility index (Phi) is 4.31. The molecule has 0 aliphatic rings. The molecule has 0 atom stereocenters. The van der Waals surface area contributed by atoms with Crippen molar-refractivity contribution in [3.8, 4) is 0 Å². The second-order valence-electron chi connectivity index (χ2n) is 5.08. The predicted octanol–water partition coefficient (Wildman–Crippen LogP) is 4.07. The number of rotatable bonds is 5. The van der Waals surface area contributed by atoms with Crippen molar-refractivity contribution in [2.75, 3.05) is 6.54 Å². The summed E-state index contributed by atoms with van der Waals surface area (Å²) in [7, 11) is 0. The number of hydrogen-bond donors (Lipinski definition) is 2. The highest BCUT2D eigenvalue weighted by Gasteiger charge is 2.03. The lowest BCUT2D eigenvalue weighted by atomic mass is 10.1. The number of fused-ring (bicyclic) bond motifs is 1. The minimum Gasteiger partial charge on any atom is -0.376 e. The predicted molar refractivity (Wildman–Crippen MR) is 92.8 cm³/mol. The first-order chi connectivity index (χ1) is 10.3. The van der Waals surface area contributed by atoms with Crippen molar-refractivity contribution in [3.63, 3.8) is 0 Å². The number of nitrogens with one attached hydrogen (secondary N) is 2. The molecule has 3 heteroatoms. The van der Waals surface area contributed by atoms with Crippen LogP contribution in [0, 0.1) is 0 Å². The summed E-state index contributed by atoms with van der Waals surface area (Å²) < 4.78 is 0. The third kappa shape index (κ3) is 3.31. The van der Waals surface area contributed by atoms with E-state index in [0.717, 1.165) is 29.9 Å². The summed E-state index contributed by atoms with van der Waals surface area (Å²) in [6, 6.07) is 18.5. The van der Waals surface area contributed by atoms with Gasteiger partial charge in [0.25, 0.3) is 0 Å². The van der Waals surface area contributed by atoms with Gasteiger partial charge >= 0.3 is 0 Å². The van der Waals surface area contributed by atoms with Crippen LogP contribution < -0.4 is 5.32 Å². The summed E-state index contributed by atoms with van der Waals surface area (Å²) in [6.07, 6.45) is 4.23. The van der Waals surface area contributed by atoms with E-state index in [4.69, 9.17) is 12.2 Å². The fourth-order valence-electron chi connectivity index (χ4n) is 2.51. The first kappa shape index (κ1) is 13.8. The minimum atomic E-state index is 0.828. The lowest BCUT2D eigenvalue weighted by Gasteiger charge is -2.07. The summed E-state index contributed by atoms with van der Waals surface area (Å²) in [5, 5.41) is 4.65. The zero-order valence-electron chi connectivity index (χ0n) is 11.8. The quantitative estimate of drug-likeness (QED) is 0.548. The fourth-order valence-corrected chi connectivity index (χ4v) is 2.75. The normalized spacial score (nSPS) is 10.7. The Balaban J connectivity index is 1.52. The van der Waals surface area contributed by atoms with Crippen molar-refractivity contribution in [2.45, 2.75) is 12.8 Å². The molecule has 0 aliphatic carbocycles. The van der Waals surface area contributed by atoms with E-state index in [-0.39, 0.29) is 0 Å². The van der Waals surface area contributed by atoms with Crippen LogP contribution in [0.3, 0.4) is 0 Å². The molecule has 2 N–H and O–H groups in total. The van der Waals surface area contributed by atoms with Gasteiger partial charge < -0.3 is 10.3 Å². The number of hydrogen-bond acceptors (Lipinski definition) is 1. The number of benzene rings is 2. The molecule has 106 valence electrons. The summed E-state index contributed by atoms with van der Waals surface area (Å²) in [5.41, 5.74) is 3.66. The van der Waals surface area contributed by atoms with Crippen molar-refractivity contribution < 1.29 is 0 Å². The van der Waals surface area contributed by atoms with Crippen LogP contribution in [0.2, 0.25) is 0 Å². The third-order valence-corrected chi connectivity index (χ3v) is 4.00. The average Bonchev–Trinajstić information content (AvgIpc) is 2.95. The van der Waals surface area contributed by atoms with E-state index in [0.29, 0.717) is 0 Å². The highest BCUT2D eigenvalue weighted by molar-refractivity contribution is 7.80. The van der Waals surface area contributed by atoms with Gasteiger partial charge in [0.15, 0.2) is 0 Å². The van der Waals surface area contributed by atoms with Crippen molar-refractivity contribution in [1.82, 2.24) is 10.3 Å². The van der Waals surface area contributed by atoms with Crippen LogP contribution in [0.4, 0.5) is 0 Å². The Hall–Kier alpha value is -2.13. The number of thiocarbonyl (C=S) groups is 1. The van der Waals surface area contributed by atoms with Crippen molar-refractivity contribution in [3.05, 3.63) is 71.9 Å². The molecule has 0 bridgehead atoms. The molecular weight excluding hydrogens is 276 g/mol. The van der Waals surface area contributed by atoms with Gasteiger partial charge in [0, 0.05) is 29.2 Å². The number of para-hydroxylation sites is 1. The van der Waals surface area contributed by atoms with E-state index in [1.165, 1.54) is 16.5 Å². The molecular formula is C18H18N2S. The summed E-state index contributed by atoms with van der Waals surface area (Å²) in [5.74, 6) is 0. The summed E-state index contributed by atoms with van der Waals surface area (Å²) >= 11 is 5.39. The van der Waals surface area contributed by atoms with Crippen molar-refractivity contribution in [1.29, 1.82) is 0 Å². The molecule has 3 rings (SSSR count). The molecule has 0 amide bonds. The maximum atomic E-state index is 5.39. The number of aromatic amines is 1. The van der Waals surface area contributed by atoms with Gasteiger partial charge in [-0.15, -0.1) is 0 Å². The Morgan fingerprint density at radius 3 is 2.62 bits per heavy atom. The van der Waals surface area contributed by atoms with E-state index in [2.05, 4.69) is 40.8 Å². The minimum absolute atomic E-state index is 0.828. The fraction of sp³-hybridized carbons (Fsp3) is 0.167. The SMILES string of the molecule is S=C(NCCCc1c[nH]c2ccccc12)c1ccccc1. The Morgan fingerprint density at radius 2 is 1.76 bits per heavy atom. The number of aryl methyl sites for hydroxylation is 1. The van der Waals surface area contributed by atoms with Crippen molar-refractivity contribution >= 4 is 28.1 Å². The van der Waals surface area contributed by atoms with E-state index >= 15 is 0 Å². The molecule has 0 radical (unpaired) electrons. The highest BCUT2D eigenvalue weighted by atomic mass is 32.1. The summed E-state index contributed by atoms with van der Waals surface area (Å²) in [4.78, 5) is 4.15. The van der Waals surface area contributed by atoms with Gasteiger partial charge in [-0.1, -0.05) is 60.7 Å². The topological polar surface area (TPSA) is 27.8 Å². The maximum Gasteiger partial charge on any atom is 0.106 e. The molecule has 0 fully saturated rings. The van der Waals surface area contributed by atoms with Gasteiger partial charge in [-0.25, -0.2) is 0 Å². The molecule has 1 aromatic heterocycles. The molecule has 0 saturated carbocycles. The van der Waals surface area contributed by atoms with Crippen LogP contribution in [-0.4, -0.2) is 16.5 Å². The average molecular weight is 294 g/mol. The van der Waals surface area contributed by atoms with Crippen LogP contribution in [0.15, 0.2) is 60.8 Å². The van der Waals surface area contributed by atoms with Crippen molar-refractivity contribution in [2.24, 2.45) is 0 Å². The van der Waals surface area contributed by atoms with Crippen LogP contribution >= 0.6 is 12.2 Å². The Morgan fingerprint density at radius 1 is 1.00 bits per heavy atom. The highest BCUT2D eigenvalue weighted by Crippen LogP contribution is 2.18. The smallest absolute Gasteiger partial charge is 0.106 e. The molecule has 1 heterocycles. The summed E-state index contributed by atoms with van der Waals surface area (Å²) in [6.45, 7) is 0.896. The lowest BCUT2D eigenvalue weighted by molar-refractivity contribution is 0.781. The lowest BCUT2D eigenvalue weighted by Crippen LogP contribution is -2.23. The molecule has 0 saturated heterocycles. The van der Waals surface area contributed by atoms with Gasteiger partial charge in [0.1, 0.15) is 4.99 Å². The molecule has 2 aromatic carbocycles. The maximum absolute atomic E-state index is 5.39. The Labute approximate surface area is 130 Å². The van der Waals surface area contributed by atoms with E-state index in [1.807, 2.05) is 30.3 Å². The monoisotopic (exact) mass is 294 g/mol. The Bertz CT molecular complexity index is 731. The molecule has 0 spiro atoms. The first-order valence-corrected chi connectivity index (χ1v) is 7.63. The van der Waals surface area contributed by atoms with Crippen LogP contribution in [-0.2, 0) is 6.42 Å². The molecule has 0 aliphatic heterocycles. The van der Waals surface area contributed by atoms with E-state index < -0.39 is 0 Å². The third-order valence-electron chi connectivity index (χ3n) is 3.62. The van der Waals surface area contributed by atoms with Crippen LogP contribution in [0.25, 0.3) is 10.9 Å². The van der Waals surface area contributed by atoms with Crippen LogP contribution in [0.1, 0.15) is 17.5 Å². The molecule has 21 heavy (non-hydrogen) atoms. The molecule has 2 nitrogen and oxygen atoms in total. The van der Waals surface area contributed by atoms with Crippen LogP contribution in [0.5, 0.6) is 0 Å². The molecule has 3 aromatic rings. The van der Waals surface area contributed by atoms with E-state index in [1.54, 1.807) is 0 Å². The largest absolute Gasteiger partial charge is 0.376 e.